The molecule has 2 aliphatic rings. The molecule has 0 heterocycles. The Hall–Kier alpha value is -0.730. The van der Waals surface area contributed by atoms with Gasteiger partial charge in [-0.15, -0.1) is 0 Å². The smallest absolute Gasteiger partial charge is 0.407 e. The number of hydrogen-bond acceptors (Lipinski definition) is 2. The van der Waals surface area contributed by atoms with Crippen molar-refractivity contribution in [3.05, 3.63) is 0 Å². The van der Waals surface area contributed by atoms with Crippen molar-refractivity contribution in [3.63, 3.8) is 0 Å². The maximum atomic E-state index is 11.7. The van der Waals surface area contributed by atoms with Crippen LogP contribution in [0.2, 0.25) is 0 Å². The number of alkyl carbamates (subject to hydrolysis) is 1. The average Bonchev–Trinajstić information content (AvgIpc) is 2.74. The fourth-order valence-electron chi connectivity index (χ4n) is 3.51. The van der Waals surface area contributed by atoms with Crippen molar-refractivity contribution in [2.24, 2.45) is 17.8 Å². The summed E-state index contributed by atoms with van der Waals surface area (Å²) in [6, 6.07) is 0.250. The van der Waals surface area contributed by atoms with E-state index in [-0.39, 0.29) is 12.1 Å². The summed E-state index contributed by atoms with van der Waals surface area (Å²) in [7, 11) is 0. The molecular formula is C14H25NO2. The second kappa shape index (κ2) is 4.51. The van der Waals surface area contributed by atoms with E-state index >= 15 is 0 Å². The Morgan fingerprint density at radius 2 is 2.00 bits per heavy atom. The quantitative estimate of drug-likeness (QED) is 0.802. The molecule has 1 amide bonds. The maximum absolute atomic E-state index is 11.7. The van der Waals surface area contributed by atoms with Gasteiger partial charge < -0.3 is 10.1 Å². The largest absolute Gasteiger partial charge is 0.444 e. The summed E-state index contributed by atoms with van der Waals surface area (Å²) in [6.07, 6.45) is 5.16. The molecule has 0 saturated heterocycles. The first-order valence-corrected chi connectivity index (χ1v) is 6.84. The maximum Gasteiger partial charge on any atom is 0.407 e. The zero-order valence-corrected chi connectivity index (χ0v) is 11.5. The number of hydrogen-bond donors (Lipinski definition) is 1. The van der Waals surface area contributed by atoms with Gasteiger partial charge in [-0.1, -0.05) is 6.42 Å². The molecule has 3 nitrogen and oxygen atoms in total. The van der Waals surface area contributed by atoms with Crippen LogP contribution in [0.4, 0.5) is 4.79 Å². The first-order chi connectivity index (χ1) is 7.85. The minimum absolute atomic E-state index is 0.250. The van der Waals surface area contributed by atoms with Crippen molar-refractivity contribution in [2.45, 2.75) is 65.0 Å². The fraction of sp³-hybridized carbons (Fsp3) is 0.929. The summed E-state index contributed by atoms with van der Waals surface area (Å²) < 4.78 is 5.30. The minimum Gasteiger partial charge on any atom is -0.444 e. The Labute approximate surface area is 104 Å². The molecule has 2 aliphatic carbocycles. The standard InChI is InChI=1S/C14H25NO2/c1-9(15-13(16)17-14(2,3)4)12-8-10-5-6-11(12)7-10/h9-12H,5-8H2,1-4H3,(H,15,16). The summed E-state index contributed by atoms with van der Waals surface area (Å²) in [5.41, 5.74) is -0.404. The van der Waals surface area contributed by atoms with E-state index in [4.69, 9.17) is 4.74 Å². The summed E-state index contributed by atoms with van der Waals surface area (Å²) in [4.78, 5) is 11.7. The molecule has 4 atom stereocenters. The van der Waals surface area contributed by atoms with Gasteiger partial charge in [0.05, 0.1) is 0 Å². The first-order valence-electron chi connectivity index (χ1n) is 6.84. The lowest BCUT2D eigenvalue weighted by atomic mass is 9.84. The molecule has 0 aromatic carbocycles. The lowest BCUT2D eigenvalue weighted by molar-refractivity contribution is 0.0480. The molecule has 2 bridgehead atoms. The van der Waals surface area contributed by atoms with Crippen molar-refractivity contribution < 1.29 is 9.53 Å². The van der Waals surface area contributed by atoms with Gasteiger partial charge >= 0.3 is 6.09 Å². The normalized spacial score (nSPS) is 33.5. The van der Waals surface area contributed by atoms with Crippen LogP contribution in [-0.2, 0) is 4.74 Å². The highest BCUT2D eigenvalue weighted by Crippen LogP contribution is 2.49. The highest BCUT2D eigenvalue weighted by atomic mass is 16.6. The number of rotatable bonds is 2. The van der Waals surface area contributed by atoms with E-state index in [1.165, 1.54) is 25.7 Å². The third kappa shape index (κ3) is 3.14. The SMILES string of the molecule is CC(NC(=O)OC(C)(C)C)C1CC2CCC1C2. The molecule has 4 unspecified atom stereocenters. The molecule has 1 N–H and O–H groups in total. The van der Waals surface area contributed by atoms with Gasteiger partial charge in [-0.25, -0.2) is 4.79 Å². The number of carbonyl (C=O) groups excluding carboxylic acids is 1. The van der Waals surface area contributed by atoms with Crippen LogP contribution < -0.4 is 5.32 Å². The number of fused-ring (bicyclic) bond motifs is 2. The second-order valence-corrected chi connectivity index (χ2v) is 6.77. The summed E-state index contributed by atoms with van der Waals surface area (Å²) in [5.74, 6) is 2.43. The van der Waals surface area contributed by atoms with Gasteiger partial charge in [0.2, 0.25) is 0 Å². The van der Waals surface area contributed by atoms with E-state index in [1.807, 2.05) is 20.8 Å². The molecular weight excluding hydrogens is 214 g/mol. The fourth-order valence-corrected chi connectivity index (χ4v) is 3.51. The van der Waals surface area contributed by atoms with E-state index in [0.717, 1.165) is 11.8 Å². The van der Waals surface area contributed by atoms with Gasteiger partial charge in [-0.3, -0.25) is 0 Å². The zero-order chi connectivity index (χ0) is 12.6. The van der Waals surface area contributed by atoms with Crippen molar-refractivity contribution in [2.75, 3.05) is 0 Å². The number of nitrogens with one attached hydrogen (secondary N) is 1. The molecule has 0 radical (unpaired) electrons. The predicted octanol–water partition coefficient (Wildman–Crippen LogP) is 3.34. The lowest BCUT2D eigenvalue weighted by Gasteiger charge is -2.29. The Bertz CT molecular complexity index is 295. The van der Waals surface area contributed by atoms with Gasteiger partial charge in [0.25, 0.3) is 0 Å². The van der Waals surface area contributed by atoms with Crippen LogP contribution in [0.5, 0.6) is 0 Å². The van der Waals surface area contributed by atoms with E-state index < -0.39 is 5.60 Å². The van der Waals surface area contributed by atoms with Crippen molar-refractivity contribution in [1.82, 2.24) is 5.32 Å². The van der Waals surface area contributed by atoms with Crippen molar-refractivity contribution in [1.29, 1.82) is 0 Å². The highest BCUT2D eigenvalue weighted by Gasteiger charge is 2.42. The summed E-state index contributed by atoms with van der Waals surface area (Å²) >= 11 is 0. The molecule has 0 aromatic heterocycles. The van der Waals surface area contributed by atoms with Crippen LogP contribution in [0, 0.1) is 17.8 Å². The van der Waals surface area contributed by atoms with Crippen molar-refractivity contribution >= 4 is 6.09 Å². The van der Waals surface area contributed by atoms with Crippen LogP contribution >= 0.6 is 0 Å². The molecule has 2 rings (SSSR count). The van der Waals surface area contributed by atoms with E-state index in [9.17, 15) is 4.79 Å². The molecule has 2 saturated carbocycles. The Kier molecular flexibility index (Phi) is 3.37. The third-order valence-corrected chi connectivity index (χ3v) is 4.18. The van der Waals surface area contributed by atoms with Crippen LogP contribution in [0.3, 0.4) is 0 Å². The second-order valence-electron chi connectivity index (χ2n) is 6.77. The topological polar surface area (TPSA) is 38.3 Å². The Balaban J connectivity index is 1.81. The zero-order valence-electron chi connectivity index (χ0n) is 11.5. The predicted molar refractivity (Wildman–Crippen MR) is 67.8 cm³/mol. The number of amides is 1. The van der Waals surface area contributed by atoms with Gasteiger partial charge in [-0.2, -0.15) is 0 Å². The molecule has 2 fully saturated rings. The van der Waals surface area contributed by atoms with E-state index in [1.54, 1.807) is 0 Å². The van der Waals surface area contributed by atoms with Crippen LogP contribution in [-0.4, -0.2) is 17.7 Å². The minimum atomic E-state index is -0.404. The molecule has 0 aromatic rings. The average molecular weight is 239 g/mol. The lowest BCUT2D eigenvalue weighted by Crippen LogP contribution is -2.42. The summed E-state index contributed by atoms with van der Waals surface area (Å²) in [6.45, 7) is 7.81. The monoisotopic (exact) mass is 239 g/mol. The third-order valence-electron chi connectivity index (χ3n) is 4.18. The van der Waals surface area contributed by atoms with E-state index in [0.29, 0.717) is 5.92 Å². The molecule has 0 aliphatic heterocycles. The Morgan fingerprint density at radius 3 is 2.47 bits per heavy atom. The van der Waals surface area contributed by atoms with Gasteiger partial charge in [0.1, 0.15) is 5.60 Å². The molecule has 3 heteroatoms. The molecule has 17 heavy (non-hydrogen) atoms. The van der Waals surface area contributed by atoms with Gasteiger partial charge in [-0.05, 0) is 64.7 Å². The number of ether oxygens (including phenoxy) is 1. The van der Waals surface area contributed by atoms with Gasteiger partial charge in [0, 0.05) is 6.04 Å². The van der Waals surface area contributed by atoms with Crippen molar-refractivity contribution in [3.8, 4) is 0 Å². The van der Waals surface area contributed by atoms with Crippen LogP contribution in [0.1, 0.15) is 53.4 Å². The van der Waals surface area contributed by atoms with Crippen LogP contribution in [0.25, 0.3) is 0 Å². The highest BCUT2D eigenvalue weighted by molar-refractivity contribution is 5.68. The summed E-state index contributed by atoms with van der Waals surface area (Å²) in [5, 5.41) is 3.00. The first kappa shape index (κ1) is 12.7. The molecule has 98 valence electrons. The van der Waals surface area contributed by atoms with Crippen LogP contribution in [0.15, 0.2) is 0 Å². The molecule has 0 spiro atoms. The Morgan fingerprint density at radius 1 is 1.29 bits per heavy atom. The number of carbonyl (C=O) groups is 1. The van der Waals surface area contributed by atoms with E-state index in [2.05, 4.69) is 12.2 Å². The van der Waals surface area contributed by atoms with Gasteiger partial charge in [0.15, 0.2) is 0 Å².